The van der Waals surface area contributed by atoms with Crippen LogP contribution in [-0.2, 0) is 27.6 Å². The summed E-state index contributed by atoms with van der Waals surface area (Å²) in [6, 6.07) is 6.50. The number of thioether (sulfide) groups is 1. The van der Waals surface area contributed by atoms with E-state index in [2.05, 4.69) is 18.2 Å². The van der Waals surface area contributed by atoms with Crippen LogP contribution in [0.5, 0.6) is 5.75 Å². The molecule has 0 aromatic heterocycles. The normalized spacial score (nSPS) is 24.6. The third-order valence-electron chi connectivity index (χ3n) is 5.66. The van der Waals surface area contributed by atoms with Gasteiger partial charge >= 0.3 is 0 Å². The number of benzene rings is 1. The molecule has 3 heterocycles. The first-order valence-electron chi connectivity index (χ1n) is 9.66. The molecule has 1 aromatic carbocycles. The lowest BCUT2D eigenvalue weighted by Gasteiger charge is -2.32. The fourth-order valence-corrected chi connectivity index (χ4v) is 7.61. The smallest absolute Gasteiger partial charge is 0.232 e. The average Bonchev–Trinajstić information content (AvgIpc) is 3.25. The summed E-state index contributed by atoms with van der Waals surface area (Å²) in [5.41, 5.74) is 2.65. The monoisotopic (exact) mass is 411 g/mol. The molecule has 3 aliphatic rings. The van der Waals surface area contributed by atoms with Gasteiger partial charge in [0, 0.05) is 17.2 Å². The first kappa shape index (κ1) is 19.1. The molecule has 8 heteroatoms. The molecule has 0 aliphatic carbocycles. The highest BCUT2D eigenvalue weighted by atomic mass is 32.2. The van der Waals surface area contributed by atoms with Crippen molar-refractivity contribution in [2.75, 3.05) is 50.0 Å². The van der Waals surface area contributed by atoms with Crippen LogP contribution >= 0.6 is 11.8 Å². The number of carbonyl (C=O) groups excluding carboxylic acids is 1. The molecule has 3 aliphatic heterocycles. The minimum Gasteiger partial charge on any atom is -0.493 e. The summed E-state index contributed by atoms with van der Waals surface area (Å²) in [6.07, 6.45) is 1.69. The number of rotatable bonds is 5. The average molecular weight is 412 g/mol. The van der Waals surface area contributed by atoms with E-state index in [0.717, 1.165) is 51.5 Å². The van der Waals surface area contributed by atoms with E-state index in [0.29, 0.717) is 12.2 Å². The molecule has 0 spiro atoms. The van der Waals surface area contributed by atoms with Crippen LogP contribution < -0.4 is 9.64 Å². The highest BCUT2D eigenvalue weighted by Gasteiger charge is 2.30. The van der Waals surface area contributed by atoms with Gasteiger partial charge in [0.25, 0.3) is 0 Å². The SMILES string of the molecule is O=C(CS[C@@H]1CCS(=O)(=O)C1)N1CC[NH+](Cc2ccc3c(c2)CCO3)CC1. The summed E-state index contributed by atoms with van der Waals surface area (Å²) in [6.45, 7) is 5.27. The number of fused-ring (bicyclic) bond motifs is 1. The zero-order chi connectivity index (χ0) is 18.9. The number of hydrogen-bond donors (Lipinski definition) is 1. The third-order valence-corrected chi connectivity index (χ3v) is 8.93. The van der Waals surface area contributed by atoms with Crippen molar-refractivity contribution in [3.63, 3.8) is 0 Å². The Labute approximate surface area is 165 Å². The van der Waals surface area contributed by atoms with Crippen molar-refractivity contribution < 1.29 is 22.8 Å². The van der Waals surface area contributed by atoms with E-state index in [1.165, 1.54) is 27.8 Å². The fraction of sp³-hybridized carbons (Fsp3) is 0.632. The van der Waals surface area contributed by atoms with Crippen molar-refractivity contribution >= 4 is 27.5 Å². The lowest BCUT2D eigenvalue weighted by Crippen LogP contribution is -3.13. The minimum absolute atomic E-state index is 0.0923. The number of quaternary nitrogens is 1. The van der Waals surface area contributed by atoms with Crippen LogP contribution in [0.15, 0.2) is 18.2 Å². The maximum Gasteiger partial charge on any atom is 0.232 e. The van der Waals surface area contributed by atoms with E-state index < -0.39 is 9.84 Å². The first-order valence-corrected chi connectivity index (χ1v) is 12.5. The Hall–Kier alpha value is -1.25. The van der Waals surface area contributed by atoms with Crippen LogP contribution in [0.25, 0.3) is 0 Å². The van der Waals surface area contributed by atoms with Crippen molar-refractivity contribution in [3.8, 4) is 5.75 Å². The molecule has 4 rings (SSSR count). The molecular weight excluding hydrogens is 384 g/mol. The molecule has 6 nitrogen and oxygen atoms in total. The zero-order valence-corrected chi connectivity index (χ0v) is 17.1. The van der Waals surface area contributed by atoms with Crippen LogP contribution in [0.4, 0.5) is 0 Å². The van der Waals surface area contributed by atoms with Gasteiger partial charge in [-0.2, -0.15) is 0 Å². The van der Waals surface area contributed by atoms with Gasteiger partial charge in [-0.3, -0.25) is 4.79 Å². The standard InChI is InChI=1S/C19H26N2O4S2/c22-19(13-26-17-4-10-27(23,24)14-17)21-7-5-20(6-8-21)12-15-1-2-18-16(11-15)3-9-25-18/h1-2,11,17H,3-10,12-14H2/p+1/t17-/m1/s1. The summed E-state index contributed by atoms with van der Waals surface area (Å²) < 4.78 is 28.6. The summed E-state index contributed by atoms with van der Waals surface area (Å²) >= 11 is 1.51. The zero-order valence-electron chi connectivity index (χ0n) is 15.5. The predicted octanol–water partition coefficient (Wildman–Crippen LogP) is -0.231. The van der Waals surface area contributed by atoms with Crippen LogP contribution in [0.2, 0.25) is 0 Å². The molecular formula is C19H27N2O4S2+. The van der Waals surface area contributed by atoms with Gasteiger partial charge in [0.2, 0.25) is 5.91 Å². The largest absolute Gasteiger partial charge is 0.493 e. The Bertz CT molecular complexity index is 804. The Kier molecular flexibility index (Phi) is 5.66. The van der Waals surface area contributed by atoms with Crippen molar-refractivity contribution in [1.29, 1.82) is 0 Å². The van der Waals surface area contributed by atoms with Crippen molar-refractivity contribution in [3.05, 3.63) is 29.3 Å². The fourth-order valence-electron chi connectivity index (χ4n) is 4.06. The van der Waals surface area contributed by atoms with Crippen LogP contribution in [0, 0.1) is 0 Å². The van der Waals surface area contributed by atoms with Gasteiger partial charge in [-0.15, -0.1) is 11.8 Å². The number of nitrogens with one attached hydrogen (secondary N) is 1. The van der Waals surface area contributed by atoms with Gasteiger partial charge in [0.15, 0.2) is 9.84 Å². The van der Waals surface area contributed by atoms with Gasteiger partial charge in [-0.05, 0) is 30.2 Å². The topological polar surface area (TPSA) is 68.1 Å². The van der Waals surface area contributed by atoms with E-state index >= 15 is 0 Å². The minimum atomic E-state index is -2.87. The van der Waals surface area contributed by atoms with E-state index in [4.69, 9.17) is 4.74 Å². The van der Waals surface area contributed by atoms with Gasteiger partial charge in [-0.25, -0.2) is 8.42 Å². The van der Waals surface area contributed by atoms with Gasteiger partial charge in [0.1, 0.15) is 12.3 Å². The second-order valence-electron chi connectivity index (χ2n) is 7.68. The van der Waals surface area contributed by atoms with E-state index in [-0.39, 0.29) is 22.7 Å². The molecule has 148 valence electrons. The maximum absolute atomic E-state index is 12.4. The molecule has 0 bridgehead atoms. The Morgan fingerprint density at radius 2 is 2.11 bits per heavy atom. The number of hydrogen-bond acceptors (Lipinski definition) is 5. The number of nitrogens with zero attached hydrogens (tertiary/aromatic N) is 1. The predicted molar refractivity (Wildman–Crippen MR) is 106 cm³/mol. The highest BCUT2D eigenvalue weighted by molar-refractivity contribution is 8.02. The summed E-state index contributed by atoms with van der Waals surface area (Å²) in [5, 5.41) is 0.0923. The Morgan fingerprint density at radius 1 is 1.30 bits per heavy atom. The molecule has 1 atom stereocenters. The van der Waals surface area contributed by atoms with E-state index in [1.807, 2.05) is 4.90 Å². The number of amides is 1. The summed E-state index contributed by atoms with van der Waals surface area (Å²) in [4.78, 5) is 15.9. The third kappa shape index (κ3) is 4.78. The number of sulfone groups is 1. The first-order chi connectivity index (χ1) is 13.0. The van der Waals surface area contributed by atoms with E-state index in [1.54, 1.807) is 0 Å². The van der Waals surface area contributed by atoms with Crippen LogP contribution in [0.3, 0.4) is 0 Å². The van der Waals surface area contributed by atoms with Crippen molar-refractivity contribution in [1.82, 2.24) is 4.90 Å². The summed E-state index contributed by atoms with van der Waals surface area (Å²) in [5.74, 6) is 2.08. The molecule has 1 amide bonds. The molecule has 0 radical (unpaired) electrons. The molecule has 27 heavy (non-hydrogen) atoms. The van der Waals surface area contributed by atoms with Crippen LogP contribution in [-0.4, -0.2) is 74.5 Å². The maximum atomic E-state index is 12.4. The number of ether oxygens (including phenoxy) is 1. The molecule has 2 saturated heterocycles. The van der Waals surface area contributed by atoms with E-state index in [9.17, 15) is 13.2 Å². The Balaban J connectivity index is 1.21. The molecule has 0 saturated carbocycles. The highest BCUT2D eigenvalue weighted by Crippen LogP contribution is 2.26. The summed E-state index contributed by atoms with van der Waals surface area (Å²) in [7, 11) is -2.87. The van der Waals surface area contributed by atoms with Gasteiger partial charge in [-0.1, -0.05) is 0 Å². The second-order valence-corrected chi connectivity index (χ2v) is 11.2. The second kappa shape index (κ2) is 8.01. The molecule has 1 aromatic rings. The number of piperazine rings is 1. The lowest BCUT2D eigenvalue weighted by atomic mass is 10.1. The quantitative estimate of drug-likeness (QED) is 0.725. The van der Waals surface area contributed by atoms with Crippen molar-refractivity contribution in [2.45, 2.75) is 24.6 Å². The molecule has 0 unspecified atom stereocenters. The van der Waals surface area contributed by atoms with Crippen LogP contribution in [0.1, 0.15) is 17.5 Å². The van der Waals surface area contributed by atoms with Crippen molar-refractivity contribution in [2.24, 2.45) is 0 Å². The number of carbonyl (C=O) groups is 1. The Morgan fingerprint density at radius 3 is 2.85 bits per heavy atom. The molecule has 1 N–H and O–H groups in total. The van der Waals surface area contributed by atoms with Gasteiger partial charge in [0.05, 0.1) is 50.0 Å². The van der Waals surface area contributed by atoms with Gasteiger partial charge < -0.3 is 14.5 Å². The molecule has 2 fully saturated rings. The lowest BCUT2D eigenvalue weighted by molar-refractivity contribution is -0.917.